The average Bonchev–Trinajstić information content (AvgIpc) is 1.86. The lowest BCUT2D eigenvalue weighted by Crippen LogP contribution is -2.44. The highest BCUT2D eigenvalue weighted by atomic mass is 33.1. The third kappa shape index (κ3) is 27.8. The van der Waals surface area contributed by atoms with Crippen LogP contribution in [0, 0.1) is 6.92 Å². The molecule has 0 radical (unpaired) electrons. The molecule has 482 valence electrons. The summed E-state index contributed by atoms with van der Waals surface area (Å²) >= 11 is 0. The smallest absolute Gasteiger partial charge is 0.351 e. The number of phosphoric ester groups is 4. The van der Waals surface area contributed by atoms with Crippen molar-refractivity contribution in [2.45, 2.75) is 101 Å². The van der Waals surface area contributed by atoms with Crippen LogP contribution >= 0.6 is 52.9 Å². The van der Waals surface area contributed by atoms with Crippen LogP contribution in [-0.2, 0) is 114 Å². The van der Waals surface area contributed by atoms with Crippen LogP contribution in [0.25, 0.3) is 0 Å². The van der Waals surface area contributed by atoms with Gasteiger partial charge in [0.1, 0.15) is 50.0 Å². The van der Waals surface area contributed by atoms with Crippen LogP contribution < -0.4 is 42.2 Å². The molecule has 10 atom stereocenters. The summed E-state index contributed by atoms with van der Waals surface area (Å²) in [7, 11) is -17.7. The minimum absolute atomic E-state index is 0.0919. The zero-order valence-electron chi connectivity index (χ0n) is 43.6. The fraction of sp³-hybridized carbons (Fsp3) is 0.684. The zero-order chi connectivity index (χ0) is 61.7. The van der Waals surface area contributed by atoms with Gasteiger partial charge in [-0.3, -0.25) is 37.2 Å². The number of alkyl halides is 2. The molecule has 2 aliphatic heterocycles. The number of halogens is 2. The number of ether oxygens (including phenoxy) is 2. The lowest BCUT2D eigenvalue weighted by atomic mass is 10.1. The van der Waals surface area contributed by atoms with E-state index in [2.05, 4.69) is 91.4 Å². The number of hydrogen-bond acceptors (Lipinski definition) is 37. The van der Waals surface area contributed by atoms with Crippen molar-refractivity contribution in [2.24, 2.45) is 0 Å². The molecule has 0 aliphatic carbocycles. The molecule has 46 heteroatoms. The summed E-state index contributed by atoms with van der Waals surface area (Å²) in [6.45, 7) is -3.81. The number of phosphoric acid groups is 4. The minimum Gasteiger partial charge on any atom is -0.756 e. The molecule has 2 fully saturated rings. The number of nitrogen functional groups attached to an aromatic ring is 1. The Bertz CT molecular complexity index is 2720. The Morgan fingerprint density at radius 2 is 1.29 bits per heavy atom. The summed E-state index contributed by atoms with van der Waals surface area (Å²) in [5, 5.41) is 43.0. The number of unbranched alkanes of at least 4 members (excludes halogenated alkanes) is 5. The Morgan fingerprint density at radius 3 is 1.88 bits per heavy atom. The molecule has 4 heterocycles. The number of aliphatic hydroxyl groups excluding tert-OH is 2. The maximum Gasteiger partial charge on any atom is 0.351 e. The van der Waals surface area contributed by atoms with Crippen LogP contribution in [0.15, 0.2) is 57.9 Å². The molecule has 2 aromatic heterocycles. The first-order valence-electron chi connectivity index (χ1n) is 24.1. The highest BCUT2D eigenvalue weighted by Gasteiger charge is 2.62. The normalized spacial score (nSPS) is 22.6. The number of anilines is 1. The largest absolute Gasteiger partial charge is 0.756 e. The third-order valence-corrected chi connectivity index (χ3v) is 16.5. The van der Waals surface area contributed by atoms with E-state index in [-0.39, 0.29) is 36.0 Å². The van der Waals surface area contributed by atoms with Crippen molar-refractivity contribution in [1.82, 2.24) is 19.1 Å². The summed E-state index contributed by atoms with van der Waals surface area (Å²) in [4.78, 5) is 108. The Hall–Kier alpha value is -3.36. The van der Waals surface area contributed by atoms with E-state index in [4.69, 9.17) is 24.8 Å². The van der Waals surface area contributed by atoms with Crippen molar-refractivity contribution in [2.75, 3.05) is 70.1 Å². The molecule has 8 unspecified atom stereocenters. The van der Waals surface area contributed by atoms with E-state index in [0.29, 0.717) is 31.4 Å². The topological polar surface area (TPSA) is 501 Å². The molecule has 0 spiro atoms. The van der Waals surface area contributed by atoms with E-state index < -0.39 is 136 Å². The summed E-state index contributed by atoms with van der Waals surface area (Å²) in [5.41, 5.74) is 2.69. The van der Waals surface area contributed by atoms with Gasteiger partial charge in [0.15, 0.2) is 18.6 Å². The maximum absolute atomic E-state index is 15.9. The van der Waals surface area contributed by atoms with E-state index in [1.165, 1.54) is 13.1 Å². The first-order chi connectivity index (χ1) is 39.9. The molecule has 0 aromatic carbocycles. The summed E-state index contributed by atoms with van der Waals surface area (Å²) in [6.07, 6.45) is -2.71. The predicted molar refractivity (Wildman–Crippen MR) is 263 cm³/mol. The molecule has 84 heavy (non-hydrogen) atoms. The second-order valence-electron chi connectivity index (χ2n) is 16.4. The van der Waals surface area contributed by atoms with Crippen LogP contribution in [0.2, 0.25) is 0 Å². The van der Waals surface area contributed by atoms with Crippen molar-refractivity contribution in [3.63, 3.8) is 0 Å². The molecule has 4 rings (SSSR count). The number of aryl methyl sites for hydroxylation is 1. The highest BCUT2D eigenvalue weighted by Crippen LogP contribution is 2.52. The van der Waals surface area contributed by atoms with Crippen molar-refractivity contribution in [3.8, 4) is 0 Å². The second-order valence-corrected chi connectivity index (χ2v) is 24.6. The summed E-state index contributed by atoms with van der Waals surface area (Å²) < 4.78 is 129. The van der Waals surface area contributed by atoms with E-state index in [0.717, 1.165) is 60.7 Å². The quantitative estimate of drug-likeness (QED) is 0.0178. The van der Waals surface area contributed by atoms with Crippen LogP contribution in [-0.4, -0.2) is 124 Å². The molecule has 38 nitrogen and oxygen atoms in total. The standard InChI is InChI=1S/C38H61F2N5O33P4S2/c1-27-24-45(37(50)43-34(27)48)32-23-28(47)29(70-32)25-68-80(53,54)65-18-14-60-75-78-76-62-16-20-67-82(57,58)72-33-30(71-35(38(33,39)40)44-10-9-31(41)42-36(44)49)26-69-81(55,56)66-19-15-61-74-77-73-59-13-17-64-79(51,52)63-12-6-2-3-7-21-83-84-22-8-4-5-11-46/h9-10,14-15,18-19,24,28-30,32-33,35,46-47H,2-8,11-13,16-17,20-23,25-26H2,1H3,(H,51,52)(H,53,54)(H,55,56)(H,57,58)(H2,41,42,49)(H,43,48,50)/p-4/b18-14+,19-15+/t28?,29-,30?,32-,33?,35?/m1/s1. The number of hydrogen-bond donors (Lipinski definition) is 4. The number of H-pyrrole nitrogens is 1. The summed E-state index contributed by atoms with van der Waals surface area (Å²) in [5.74, 6) is -2.96. The number of nitrogens with one attached hydrogen (secondary N) is 1. The molecule has 5 N–H and O–H groups in total. The van der Waals surface area contributed by atoms with Gasteiger partial charge >= 0.3 is 32.9 Å². The van der Waals surface area contributed by atoms with E-state index in [9.17, 15) is 57.3 Å². The zero-order valence-corrected chi connectivity index (χ0v) is 48.8. The fourth-order valence-corrected chi connectivity index (χ4v) is 11.6. The van der Waals surface area contributed by atoms with Gasteiger partial charge in [-0.25, -0.2) is 19.4 Å². The second kappa shape index (κ2) is 37.5. The van der Waals surface area contributed by atoms with E-state index in [1.54, 1.807) is 21.6 Å². The molecule has 2 aromatic rings. The maximum atomic E-state index is 15.9. The van der Waals surface area contributed by atoms with Crippen LogP contribution in [0.4, 0.5) is 14.6 Å². The Kier molecular flexibility index (Phi) is 32.6. The number of rotatable bonds is 46. The number of nitrogens with zero attached hydrogens (tertiary/aromatic N) is 3. The van der Waals surface area contributed by atoms with Crippen molar-refractivity contribution < 1.29 is 152 Å². The Labute approximate surface area is 480 Å². The van der Waals surface area contributed by atoms with Gasteiger partial charge in [-0.2, -0.15) is 13.8 Å². The minimum atomic E-state index is -5.88. The highest BCUT2D eigenvalue weighted by molar-refractivity contribution is 8.76. The van der Waals surface area contributed by atoms with Crippen LogP contribution in [0.1, 0.15) is 69.4 Å². The van der Waals surface area contributed by atoms with Gasteiger partial charge in [0.05, 0.1) is 39.1 Å². The molecule has 0 amide bonds. The van der Waals surface area contributed by atoms with Gasteiger partial charge in [0.25, 0.3) is 21.2 Å². The van der Waals surface area contributed by atoms with Gasteiger partial charge < -0.3 is 91.0 Å². The average molecular weight is 1340 g/mol. The monoisotopic (exact) mass is 1340 g/mol. The van der Waals surface area contributed by atoms with Gasteiger partial charge in [-0.1, -0.05) is 40.9 Å². The number of aromatic nitrogens is 4. The first kappa shape index (κ1) is 73.1. The van der Waals surface area contributed by atoms with Crippen molar-refractivity contribution in [1.29, 1.82) is 0 Å². The molecule has 2 aliphatic rings. The van der Waals surface area contributed by atoms with Crippen molar-refractivity contribution in [3.05, 3.63) is 80.4 Å². The van der Waals surface area contributed by atoms with Crippen LogP contribution in [0.3, 0.4) is 0 Å². The van der Waals surface area contributed by atoms with Gasteiger partial charge in [-0.15, -0.1) is 0 Å². The molecule has 0 bridgehead atoms. The lowest BCUT2D eigenvalue weighted by Gasteiger charge is -2.31. The predicted octanol–water partition coefficient (Wildman–Crippen LogP) is 0.773. The van der Waals surface area contributed by atoms with Crippen molar-refractivity contribution >= 4 is 58.7 Å². The molecular formula is C38H57F2N5O33P4S2-4. The number of aliphatic hydroxyl groups is 2. The van der Waals surface area contributed by atoms with Gasteiger partial charge in [-0.05, 0) is 48.7 Å². The third-order valence-electron chi connectivity index (χ3n) is 10.2. The summed E-state index contributed by atoms with van der Waals surface area (Å²) in [6, 6.07) is 0.894. The SMILES string of the molecule is Cc1cn([C@H]2CC(O)[C@@H](COP(=O)([O-])O/C=C/OOOOOCCOP(=O)([O-])OC3C(COP(=O)([O-])O/C=C/OOOOOCCOP(=O)([O-])OCCCCCCSSCCCCCO)OC(n4ccc(N)nc4=O)C3(F)F)O2)c(=O)[nH]c1=O. The number of nitrogens with two attached hydrogens (primary N) is 1. The van der Waals surface area contributed by atoms with Gasteiger partial charge in [0, 0.05) is 62.6 Å². The Balaban J connectivity index is 1.09. The van der Waals surface area contributed by atoms with E-state index >= 15 is 8.78 Å². The van der Waals surface area contributed by atoms with Gasteiger partial charge in [0.2, 0.25) is 6.23 Å². The molecule has 0 saturated carbocycles. The lowest BCUT2D eigenvalue weighted by molar-refractivity contribution is -0.700. The molecule has 2 saturated heterocycles. The van der Waals surface area contributed by atoms with Crippen LogP contribution in [0.5, 0.6) is 0 Å². The number of aromatic amines is 1. The van der Waals surface area contributed by atoms with E-state index in [1.807, 2.05) is 0 Å². The Morgan fingerprint density at radius 1 is 0.726 bits per heavy atom. The first-order valence-corrected chi connectivity index (χ1v) is 32.5. The fourth-order valence-electron chi connectivity index (χ4n) is 6.45. The molecular weight excluding hydrogens is 1280 g/mol.